The van der Waals surface area contributed by atoms with E-state index in [2.05, 4.69) is 0 Å². The molecule has 2 amide bonds. The third kappa shape index (κ3) is 3.87. The summed E-state index contributed by atoms with van der Waals surface area (Å²) in [4.78, 5) is 26.4. The molecule has 0 unspecified atom stereocenters. The van der Waals surface area contributed by atoms with Crippen LogP contribution in [0, 0.1) is 11.2 Å². The van der Waals surface area contributed by atoms with Crippen molar-refractivity contribution >= 4 is 11.8 Å². The Morgan fingerprint density at radius 3 is 2.44 bits per heavy atom. The van der Waals surface area contributed by atoms with Gasteiger partial charge in [0.2, 0.25) is 11.8 Å². The second kappa shape index (κ2) is 7.91. The van der Waals surface area contributed by atoms with Crippen LogP contribution in [0.2, 0.25) is 0 Å². The van der Waals surface area contributed by atoms with Crippen LogP contribution in [0.4, 0.5) is 4.39 Å². The van der Waals surface area contributed by atoms with E-state index in [0.717, 1.165) is 17.5 Å². The predicted octanol–water partition coefficient (Wildman–Crippen LogP) is 3.54. The SMILES string of the molecule is CCCC(=O)N1CC[C@](Cc2ccccc2-c2ccccc2F)(C(N)=O)C1. The van der Waals surface area contributed by atoms with Gasteiger partial charge in [-0.15, -0.1) is 0 Å². The van der Waals surface area contributed by atoms with E-state index >= 15 is 0 Å². The molecule has 0 radical (unpaired) electrons. The first-order valence-electron chi connectivity index (χ1n) is 9.37. The van der Waals surface area contributed by atoms with Gasteiger partial charge in [-0.2, -0.15) is 0 Å². The number of primary amides is 1. The van der Waals surface area contributed by atoms with Crippen molar-refractivity contribution in [2.75, 3.05) is 13.1 Å². The molecule has 0 spiro atoms. The van der Waals surface area contributed by atoms with Gasteiger partial charge < -0.3 is 10.6 Å². The number of benzene rings is 2. The van der Waals surface area contributed by atoms with E-state index in [1.807, 2.05) is 31.2 Å². The zero-order valence-electron chi connectivity index (χ0n) is 15.6. The fourth-order valence-electron chi connectivity index (χ4n) is 3.87. The molecule has 1 aliphatic rings. The van der Waals surface area contributed by atoms with E-state index in [1.54, 1.807) is 23.1 Å². The third-order valence-corrected chi connectivity index (χ3v) is 5.40. The summed E-state index contributed by atoms with van der Waals surface area (Å²) >= 11 is 0. The number of likely N-dealkylation sites (tertiary alicyclic amines) is 1. The molecule has 0 aromatic heterocycles. The number of nitrogens with zero attached hydrogens (tertiary/aromatic N) is 1. The zero-order valence-corrected chi connectivity index (χ0v) is 15.6. The molecule has 2 aromatic carbocycles. The lowest BCUT2D eigenvalue weighted by Gasteiger charge is -2.27. The molecule has 1 heterocycles. The zero-order chi connectivity index (χ0) is 19.4. The Morgan fingerprint density at radius 1 is 1.11 bits per heavy atom. The number of amides is 2. The summed E-state index contributed by atoms with van der Waals surface area (Å²) in [7, 11) is 0. The van der Waals surface area contributed by atoms with Gasteiger partial charge in [0.15, 0.2) is 0 Å². The van der Waals surface area contributed by atoms with E-state index in [4.69, 9.17) is 5.73 Å². The number of carbonyl (C=O) groups excluding carboxylic acids is 2. The Kier molecular flexibility index (Phi) is 5.59. The van der Waals surface area contributed by atoms with Crippen molar-refractivity contribution < 1.29 is 14.0 Å². The van der Waals surface area contributed by atoms with Gasteiger partial charge in [0.25, 0.3) is 0 Å². The molecule has 4 nitrogen and oxygen atoms in total. The van der Waals surface area contributed by atoms with Crippen molar-refractivity contribution in [3.63, 3.8) is 0 Å². The highest BCUT2D eigenvalue weighted by Gasteiger charge is 2.44. The van der Waals surface area contributed by atoms with Crippen molar-refractivity contribution in [1.29, 1.82) is 0 Å². The van der Waals surface area contributed by atoms with Crippen molar-refractivity contribution in [3.8, 4) is 11.1 Å². The van der Waals surface area contributed by atoms with Crippen LogP contribution >= 0.6 is 0 Å². The third-order valence-electron chi connectivity index (χ3n) is 5.40. The van der Waals surface area contributed by atoms with E-state index < -0.39 is 11.3 Å². The quantitative estimate of drug-likeness (QED) is 0.848. The van der Waals surface area contributed by atoms with Crippen LogP contribution in [-0.4, -0.2) is 29.8 Å². The summed E-state index contributed by atoms with van der Waals surface area (Å²) in [5.74, 6) is -0.648. The molecule has 1 fully saturated rings. The Labute approximate surface area is 159 Å². The minimum Gasteiger partial charge on any atom is -0.369 e. The van der Waals surface area contributed by atoms with Crippen LogP contribution in [-0.2, 0) is 16.0 Å². The van der Waals surface area contributed by atoms with Gasteiger partial charge in [0.1, 0.15) is 5.82 Å². The average molecular weight is 368 g/mol. The Balaban J connectivity index is 1.93. The molecular weight excluding hydrogens is 343 g/mol. The second-order valence-corrected chi connectivity index (χ2v) is 7.27. The standard InChI is InChI=1S/C22H25FN2O2/c1-2-7-20(26)25-13-12-22(15-25,21(24)27)14-16-8-3-4-9-17(16)18-10-5-6-11-19(18)23/h3-6,8-11H,2,7,12-15H2,1H3,(H2,24,27)/t22-/m1/s1. The fraction of sp³-hybridized carbons (Fsp3) is 0.364. The van der Waals surface area contributed by atoms with Crippen molar-refractivity contribution in [2.45, 2.75) is 32.6 Å². The monoisotopic (exact) mass is 368 g/mol. The van der Waals surface area contributed by atoms with Crippen molar-refractivity contribution in [1.82, 2.24) is 4.90 Å². The molecule has 0 aliphatic carbocycles. The minimum atomic E-state index is -0.815. The van der Waals surface area contributed by atoms with Crippen LogP contribution in [0.15, 0.2) is 48.5 Å². The Hall–Kier alpha value is -2.69. The topological polar surface area (TPSA) is 63.4 Å². The maximum absolute atomic E-state index is 14.3. The maximum atomic E-state index is 14.3. The fourth-order valence-corrected chi connectivity index (χ4v) is 3.87. The average Bonchev–Trinajstić information content (AvgIpc) is 3.09. The molecule has 5 heteroatoms. The summed E-state index contributed by atoms with van der Waals surface area (Å²) in [5, 5.41) is 0. The molecule has 1 aliphatic heterocycles. The Bertz CT molecular complexity index is 852. The molecule has 2 aromatic rings. The lowest BCUT2D eigenvalue weighted by Crippen LogP contribution is -2.42. The van der Waals surface area contributed by atoms with Gasteiger partial charge in [-0.25, -0.2) is 4.39 Å². The van der Waals surface area contributed by atoms with Crippen LogP contribution < -0.4 is 5.73 Å². The van der Waals surface area contributed by atoms with Crippen LogP contribution in [0.1, 0.15) is 31.7 Å². The number of nitrogens with two attached hydrogens (primary N) is 1. The normalized spacial score (nSPS) is 19.3. The number of rotatable bonds is 6. The van der Waals surface area contributed by atoms with Crippen molar-refractivity contribution in [3.05, 3.63) is 59.9 Å². The molecule has 0 saturated carbocycles. The van der Waals surface area contributed by atoms with Gasteiger partial charge in [-0.05, 0) is 36.5 Å². The molecule has 1 atom stereocenters. The van der Waals surface area contributed by atoms with E-state index in [0.29, 0.717) is 37.9 Å². The first-order valence-corrected chi connectivity index (χ1v) is 9.37. The number of carbonyl (C=O) groups is 2. The summed E-state index contributed by atoms with van der Waals surface area (Å²) < 4.78 is 14.3. The van der Waals surface area contributed by atoms with E-state index in [1.165, 1.54) is 6.07 Å². The predicted molar refractivity (Wildman–Crippen MR) is 103 cm³/mol. The van der Waals surface area contributed by atoms with Crippen LogP contribution in [0.5, 0.6) is 0 Å². The lowest BCUT2D eigenvalue weighted by molar-refractivity contribution is -0.132. The van der Waals surface area contributed by atoms with Crippen LogP contribution in [0.3, 0.4) is 0 Å². The molecule has 27 heavy (non-hydrogen) atoms. The van der Waals surface area contributed by atoms with E-state index in [9.17, 15) is 14.0 Å². The largest absolute Gasteiger partial charge is 0.369 e. The van der Waals surface area contributed by atoms with Gasteiger partial charge >= 0.3 is 0 Å². The van der Waals surface area contributed by atoms with Gasteiger partial charge in [0.05, 0.1) is 5.41 Å². The maximum Gasteiger partial charge on any atom is 0.225 e. The number of halogens is 1. The number of hydrogen-bond donors (Lipinski definition) is 1. The smallest absolute Gasteiger partial charge is 0.225 e. The van der Waals surface area contributed by atoms with Crippen LogP contribution in [0.25, 0.3) is 11.1 Å². The second-order valence-electron chi connectivity index (χ2n) is 7.27. The molecule has 142 valence electrons. The summed E-state index contributed by atoms with van der Waals surface area (Å²) in [6.07, 6.45) is 2.17. The first-order chi connectivity index (χ1) is 13.0. The summed E-state index contributed by atoms with van der Waals surface area (Å²) in [6.45, 7) is 2.82. The highest BCUT2D eigenvalue weighted by Crippen LogP contribution is 2.37. The minimum absolute atomic E-state index is 0.0583. The Morgan fingerprint density at radius 2 is 1.78 bits per heavy atom. The molecule has 3 rings (SSSR count). The van der Waals surface area contributed by atoms with Gasteiger partial charge in [-0.1, -0.05) is 49.4 Å². The number of hydrogen-bond acceptors (Lipinski definition) is 2. The summed E-state index contributed by atoms with van der Waals surface area (Å²) in [5.41, 5.74) is 7.10. The first kappa shape index (κ1) is 19.1. The van der Waals surface area contributed by atoms with Gasteiger partial charge in [0, 0.05) is 25.1 Å². The summed E-state index contributed by atoms with van der Waals surface area (Å²) in [6, 6.07) is 14.1. The molecular formula is C22H25FN2O2. The molecule has 0 bridgehead atoms. The lowest BCUT2D eigenvalue weighted by atomic mass is 9.78. The highest BCUT2D eigenvalue weighted by molar-refractivity contribution is 5.85. The van der Waals surface area contributed by atoms with Crippen molar-refractivity contribution in [2.24, 2.45) is 11.1 Å². The van der Waals surface area contributed by atoms with E-state index in [-0.39, 0.29) is 11.7 Å². The van der Waals surface area contributed by atoms with Gasteiger partial charge in [-0.3, -0.25) is 9.59 Å². The molecule has 2 N–H and O–H groups in total. The highest BCUT2D eigenvalue weighted by atomic mass is 19.1. The molecule has 1 saturated heterocycles.